The van der Waals surface area contributed by atoms with E-state index in [1.54, 1.807) is 11.0 Å². The monoisotopic (exact) mass is 256 g/mol. The molecule has 1 fully saturated rings. The minimum absolute atomic E-state index is 0.0148. The molecule has 0 saturated carbocycles. The van der Waals surface area contributed by atoms with Crippen molar-refractivity contribution in [3.8, 4) is 0 Å². The second-order valence-corrected chi connectivity index (χ2v) is 4.61. The molecule has 1 amide bonds. The fraction of sp³-hybridized carbons (Fsp3) is 0.417. The van der Waals surface area contributed by atoms with Gasteiger partial charge in [0.15, 0.2) is 5.82 Å². The molecule has 1 atom stereocenters. The zero-order chi connectivity index (χ0) is 12.4. The van der Waals surface area contributed by atoms with Gasteiger partial charge in [-0.3, -0.25) is 4.79 Å². The van der Waals surface area contributed by atoms with Crippen LogP contribution in [0, 0.1) is 5.82 Å². The third kappa shape index (κ3) is 2.58. The van der Waals surface area contributed by atoms with E-state index in [9.17, 15) is 9.18 Å². The average Bonchev–Trinajstić information content (AvgIpc) is 2.32. The number of nitrogens with zero attached hydrogens (tertiary/aromatic N) is 1. The molecule has 3 nitrogen and oxygen atoms in total. The van der Waals surface area contributed by atoms with Crippen LogP contribution in [0.5, 0.6) is 0 Å². The molecule has 0 radical (unpaired) electrons. The fourth-order valence-corrected chi connectivity index (χ4v) is 2.13. The van der Waals surface area contributed by atoms with E-state index in [0.29, 0.717) is 13.1 Å². The van der Waals surface area contributed by atoms with E-state index in [1.807, 2.05) is 6.92 Å². The first kappa shape index (κ1) is 12.3. The molecule has 1 aliphatic rings. The van der Waals surface area contributed by atoms with Crippen molar-refractivity contribution in [1.29, 1.82) is 0 Å². The van der Waals surface area contributed by atoms with Gasteiger partial charge in [-0.1, -0.05) is 17.7 Å². The van der Waals surface area contributed by atoms with E-state index >= 15 is 0 Å². The highest BCUT2D eigenvalue weighted by atomic mass is 35.5. The molecule has 1 aromatic carbocycles. The second-order valence-electron chi connectivity index (χ2n) is 4.21. The summed E-state index contributed by atoms with van der Waals surface area (Å²) in [7, 11) is 0. The molecular formula is C12H14ClFN2O. The Morgan fingerprint density at radius 1 is 1.59 bits per heavy atom. The van der Waals surface area contributed by atoms with Gasteiger partial charge in [-0.25, -0.2) is 4.39 Å². The first-order valence-electron chi connectivity index (χ1n) is 5.56. The molecule has 1 heterocycles. The number of piperazine rings is 1. The lowest BCUT2D eigenvalue weighted by atomic mass is 10.1. The molecule has 1 aliphatic heterocycles. The maximum absolute atomic E-state index is 13.7. The number of nitrogens with one attached hydrogen (secondary N) is 1. The quantitative estimate of drug-likeness (QED) is 0.833. The summed E-state index contributed by atoms with van der Waals surface area (Å²) in [5, 5.41) is 3.22. The Balaban J connectivity index is 2.22. The van der Waals surface area contributed by atoms with Crippen LogP contribution in [0.4, 0.5) is 4.39 Å². The molecule has 92 valence electrons. The molecule has 0 bridgehead atoms. The minimum Gasteiger partial charge on any atom is -0.336 e. The second kappa shape index (κ2) is 5.02. The van der Waals surface area contributed by atoms with Crippen molar-refractivity contribution in [2.75, 3.05) is 19.6 Å². The van der Waals surface area contributed by atoms with Crippen molar-refractivity contribution in [3.63, 3.8) is 0 Å². The van der Waals surface area contributed by atoms with Crippen LogP contribution < -0.4 is 5.32 Å². The van der Waals surface area contributed by atoms with E-state index in [4.69, 9.17) is 11.6 Å². The van der Waals surface area contributed by atoms with Crippen molar-refractivity contribution in [2.24, 2.45) is 0 Å². The van der Waals surface area contributed by atoms with Gasteiger partial charge in [0.05, 0.1) is 10.6 Å². The number of benzene rings is 1. The van der Waals surface area contributed by atoms with Crippen molar-refractivity contribution in [1.82, 2.24) is 10.2 Å². The van der Waals surface area contributed by atoms with Crippen LogP contribution in [0.3, 0.4) is 0 Å². The summed E-state index contributed by atoms with van der Waals surface area (Å²) in [6.45, 7) is 3.91. The molecule has 0 unspecified atom stereocenters. The lowest BCUT2D eigenvalue weighted by molar-refractivity contribution is 0.0704. The highest BCUT2D eigenvalue weighted by Gasteiger charge is 2.24. The van der Waals surface area contributed by atoms with Crippen LogP contribution in [0.25, 0.3) is 0 Å². The number of carbonyl (C=O) groups is 1. The molecule has 0 aliphatic carbocycles. The Morgan fingerprint density at radius 2 is 2.35 bits per heavy atom. The summed E-state index contributed by atoms with van der Waals surface area (Å²) in [6, 6.07) is 4.73. The van der Waals surface area contributed by atoms with Gasteiger partial charge < -0.3 is 10.2 Å². The van der Waals surface area contributed by atoms with Gasteiger partial charge in [-0.2, -0.15) is 0 Å². The highest BCUT2D eigenvalue weighted by molar-refractivity contribution is 6.31. The third-order valence-electron chi connectivity index (χ3n) is 2.84. The van der Waals surface area contributed by atoms with E-state index in [1.165, 1.54) is 12.1 Å². The minimum atomic E-state index is -0.634. The topological polar surface area (TPSA) is 32.3 Å². The predicted molar refractivity (Wildman–Crippen MR) is 64.8 cm³/mol. The van der Waals surface area contributed by atoms with Crippen LogP contribution >= 0.6 is 11.6 Å². The first-order valence-corrected chi connectivity index (χ1v) is 5.94. The molecule has 1 aromatic rings. The largest absolute Gasteiger partial charge is 0.336 e. The molecule has 17 heavy (non-hydrogen) atoms. The standard InChI is InChI=1S/C12H14ClFN2O/c1-8-7-16(6-5-15-8)12(17)9-3-2-4-10(13)11(9)14/h2-4,8,15H,5-7H2,1H3/t8-/m1/s1. The average molecular weight is 257 g/mol. The summed E-state index contributed by atoms with van der Waals surface area (Å²) in [5.41, 5.74) is 0.0478. The Labute approximate surface area is 105 Å². The van der Waals surface area contributed by atoms with Gasteiger partial charge >= 0.3 is 0 Å². The summed E-state index contributed by atoms with van der Waals surface area (Å²) in [4.78, 5) is 13.8. The smallest absolute Gasteiger partial charge is 0.256 e. The summed E-state index contributed by atoms with van der Waals surface area (Å²) in [6.07, 6.45) is 0. The van der Waals surface area contributed by atoms with Crippen LogP contribution in [-0.2, 0) is 0 Å². The SMILES string of the molecule is C[C@@H]1CN(C(=O)c2cccc(Cl)c2F)CCN1. The molecule has 1 N–H and O–H groups in total. The van der Waals surface area contributed by atoms with E-state index < -0.39 is 5.82 Å². The van der Waals surface area contributed by atoms with Crippen molar-refractivity contribution < 1.29 is 9.18 Å². The number of hydrogen-bond donors (Lipinski definition) is 1. The molecule has 0 aromatic heterocycles. The molecular weight excluding hydrogens is 243 g/mol. The highest BCUT2D eigenvalue weighted by Crippen LogP contribution is 2.19. The zero-order valence-corrected chi connectivity index (χ0v) is 10.3. The maximum Gasteiger partial charge on any atom is 0.256 e. The van der Waals surface area contributed by atoms with Crippen molar-refractivity contribution >= 4 is 17.5 Å². The lowest BCUT2D eigenvalue weighted by Crippen LogP contribution is -2.51. The molecule has 2 rings (SSSR count). The Hall–Kier alpha value is -1.13. The first-order chi connectivity index (χ1) is 8.09. The van der Waals surface area contributed by atoms with Gasteiger partial charge in [0, 0.05) is 25.7 Å². The summed E-state index contributed by atoms with van der Waals surface area (Å²) >= 11 is 5.67. The van der Waals surface area contributed by atoms with Crippen LogP contribution in [0.2, 0.25) is 5.02 Å². The van der Waals surface area contributed by atoms with Crippen LogP contribution in [0.15, 0.2) is 18.2 Å². The number of halogens is 2. The van der Waals surface area contributed by atoms with E-state index in [0.717, 1.165) is 6.54 Å². The van der Waals surface area contributed by atoms with Gasteiger partial charge in [0.1, 0.15) is 0 Å². The molecule has 5 heteroatoms. The molecule has 1 saturated heterocycles. The van der Waals surface area contributed by atoms with Crippen LogP contribution in [-0.4, -0.2) is 36.5 Å². The van der Waals surface area contributed by atoms with E-state index in [2.05, 4.69) is 5.32 Å². The Kier molecular flexibility index (Phi) is 3.64. The van der Waals surface area contributed by atoms with Gasteiger partial charge in [0.25, 0.3) is 5.91 Å². The van der Waals surface area contributed by atoms with Crippen LogP contribution in [0.1, 0.15) is 17.3 Å². The fourth-order valence-electron chi connectivity index (χ4n) is 1.96. The normalized spacial score (nSPS) is 20.4. The number of hydrogen-bond acceptors (Lipinski definition) is 2. The van der Waals surface area contributed by atoms with Crippen molar-refractivity contribution in [2.45, 2.75) is 13.0 Å². The zero-order valence-electron chi connectivity index (χ0n) is 9.54. The molecule has 0 spiro atoms. The maximum atomic E-state index is 13.7. The summed E-state index contributed by atoms with van der Waals surface area (Å²) < 4.78 is 13.7. The van der Waals surface area contributed by atoms with Gasteiger partial charge in [0.2, 0.25) is 0 Å². The Bertz CT molecular complexity index is 439. The lowest BCUT2D eigenvalue weighted by Gasteiger charge is -2.32. The van der Waals surface area contributed by atoms with E-state index in [-0.39, 0.29) is 22.5 Å². The number of carbonyl (C=O) groups excluding carboxylic acids is 1. The van der Waals surface area contributed by atoms with Gasteiger partial charge in [-0.15, -0.1) is 0 Å². The summed E-state index contributed by atoms with van der Waals surface area (Å²) in [5.74, 6) is -0.927. The third-order valence-corrected chi connectivity index (χ3v) is 3.13. The van der Waals surface area contributed by atoms with Gasteiger partial charge in [-0.05, 0) is 19.1 Å². The number of rotatable bonds is 1. The predicted octanol–water partition coefficient (Wildman–Crippen LogP) is 1.91. The Morgan fingerprint density at radius 3 is 3.06 bits per heavy atom. The number of amides is 1. The van der Waals surface area contributed by atoms with Crippen molar-refractivity contribution in [3.05, 3.63) is 34.6 Å².